The van der Waals surface area contributed by atoms with Crippen molar-refractivity contribution in [3.8, 4) is 0 Å². The summed E-state index contributed by atoms with van der Waals surface area (Å²) >= 11 is 0. The molecule has 0 spiro atoms. The topological polar surface area (TPSA) is 33.1 Å². The van der Waals surface area contributed by atoms with Crippen molar-refractivity contribution >= 4 is 0 Å². The Balaban J connectivity index is 2.25. The second-order valence-electron chi connectivity index (χ2n) is 5.41. The Morgan fingerprint density at radius 3 is 2.53 bits per heavy atom. The summed E-state index contributed by atoms with van der Waals surface area (Å²) in [6.07, 6.45) is 6.51. The molecule has 2 atom stereocenters. The van der Waals surface area contributed by atoms with Gasteiger partial charge >= 0.3 is 0 Å². The summed E-state index contributed by atoms with van der Waals surface area (Å²) in [7, 11) is 1.96. The van der Waals surface area contributed by atoms with E-state index in [1.807, 2.05) is 17.9 Å². The van der Waals surface area contributed by atoms with E-state index in [1.54, 1.807) is 0 Å². The number of aryl methyl sites for hydroxylation is 1. The molecular formula is C15H30N4. The summed E-state index contributed by atoms with van der Waals surface area (Å²) in [5.74, 6) is 0. The van der Waals surface area contributed by atoms with E-state index in [2.05, 4.69) is 49.2 Å². The molecule has 0 saturated carbocycles. The van der Waals surface area contributed by atoms with Crippen LogP contribution in [0.3, 0.4) is 0 Å². The van der Waals surface area contributed by atoms with Gasteiger partial charge in [-0.25, -0.2) is 0 Å². The molecule has 4 nitrogen and oxygen atoms in total. The van der Waals surface area contributed by atoms with Gasteiger partial charge in [0.15, 0.2) is 0 Å². The lowest BCUT2D eigenvalue weighted by atomic mass is 10.1. The van der Waals surface area contributed by atoms with Crippen LogP contribution in [0.25, 0.3) is 0 Å². The van der Waals surface area contributed by atoms with E-state index >= 15 is 0 Å². The first-order valence-electron chi connectivity index (χ1n) is 7.53. The highest BCUT2D eigenvalue weighted by Gasteiger charge is 2.11. The molecule has 1 heterocycles. The Kier molecular flexibility index (Phi) is 7.10. The average Bonchev–Trinajstić information content (AvgIpc) is 2.81. The number of hydrogen-bond donors (Lipinski definition) is 1. The zero-order valence-corrected chi connectivity index (χ0v) is 13.2. The first-order chi connectivity index (χ1) is 9.06. The summed E-state index contributed by atoms with van der Waals surface area (Å²) in [6.45, 7) is 12.5. The van der Waals surface area contributed by atoms with E-state index in [0.717, 1.165) is 13.1 Å². The van der Waals surface area contributed by atoms with Gasteiger partial charge in [-0.1, -0.05) is 13.8 Å². The van der Waals surface area contributed by atoms with Crippen LogP contribution in [0.1, 0.15) is 52.1 Å². The summed E-state index contributed by atoms with van der Waals surface area (Å²) in [5.41, 5.74) is 1.26. The fourth-order valence-corrected chi connectivity index (χ4v) is 2.43. The zero-order chi connectivity index (χ0) is 14.3. The van der Waals surface area contributed by atoms with Gasteiger partial charge in [0.25, 0.3) is 0 Å². The van der Waals surface area contributed by atoms with Crippen LogP contribution in [-0.2, 0) is 7.05 Å². The van der Waals surface area contributed by atoms with Crippen LogP contribution in [0.2, 0.25) is 0 Å². The maximum Gasteiger partial charge on any atom is 0.0537 e. The van der Waals surface area contributed by atoms with E-state index < -0.39 is 0 Å². The molecule has 0 aliphatic rings. The van der Waals surface area contributed by atoms with Crippen molar-refractivity contribution in [1.82, 2.24) is 20.0 Å². The molecule has 0 radical (unpaired) electrons. The molecule has 110 valence electrons. The van der Waals surface area contributed by atoms with Gasteiger partial charge in [-0.05, 0) is 46.3 Å². The van der Waals surface area contributed by atoms with Crippen molar-refractivity contribution in [2.24, 2.45) is 7.05 Å². The molecule has 4 heteroatoms. The monoisotopic (exact) mass is 266 g/mol. The SMILES string of the molecule is CCN(CC)CCCC(C)NC(C)c1cnn(C)c1. The minimum atomic E-state index is 0.372. The lowest BCUT2D eigenvalue weighted by molar-refractivity contribution is 0.288. The Hall–Kier alpha value is -0.870. The van der Waals surface area contributed by atoms with Crippen LogP contribution in [0.15, 0.2) is 12.4 Å². The first-order valence-corrected chi connectivity index (χ1v) is 7.53. The molecule has 2 unspecified atom stereocenters. The number of aromatic nitrogens is 2. The van der Waals surface area contributed by atoms with E-state index in [4.69, 9.17) is 0 Å². The smallest absolute Gasteiger partial charge is 0.0537 e. The largest absolute Gasteiger partial charge is 0.308 e. The number of hydrogen-bond acceptors (Lipinski definition) is 3. The number of rotatable bonds is 9. The third-order valence-electron chi connectivity index (χ3n) is 3.77. The quantitative estimate of drug-likeness (QED) is 0.746. The van der Waals surface area contributed by atoms with Gasteiger partial charge in [0.05, 0.1) is 6.20 Å². The van der Waals surface area contributed by atoms with Gasteiger partial charge in [-0.3, -0.25) is 4.68 Å². The maximum atomic E-state index is 4.22. The molecule has 1 aromatic rings. The zero-order valence-electron chi connectivity index (χ0n) is 13.2. The highest BCUT2D eigenvalue weighted by atomic mass is 15.2. The van der Waals surface area contributed by atoms with Crippen molar-refractivity contribution in [1.29, 1.82) is 0 Å². The normalized spacial score (nSPS) is 14.8. The maximum absolute atomic E-state index is 4.22. The van der Waals surface area contributed by atoms with E-state index in [-0.39, 0.29) is 0 Å². The van der Waals surface area contributed by atoms with Crippen molar-refractivity contribution in [2.45, 2.75) is 52.6 Å². The highest BCUT2D eigenvalue weighted by molar-refractivity contribution is 5.09. The fourth-order valence-electron chi connectivity index (χ4n) is 2.43. The van der Waals surface area contributed by atoms with E-state index in [9.17, 15) is 0 Å². The molecule has 0 aliphatic carbocycles. The second kappa shape index (κ2) is 8.33. The summed E-state index contributed by atoms with van der Waals surface area (Å²) in [6, 6.07) is 0.919. The van der Waals surface area contributed by atoms with Crippen molar-refractivity contribution in [2.75, 3.05) is 19.6 Å². The van der Waals surface area contributed by atoms with Gasteiger partial charge in [0, 0.05) is 30.9 Å². The van der Waals surface area contributed by atoms with Crippen LogP contribution in [0.4, 0.5) is 0 Å². The Morgan fingerprint density at radius 2 is 2.00 bits per heavy atom. The molecule has 1 aromatic heterocycles. The van der Waals surface area contributed by atoms with E-state index in [1.165, 1.54) is 24.9 Å². The van der Waals surface area contributed by atoms with Gasteiger partial charge in [-0.15, -0.1) is 0 Å². The van der Waals surface area contributed by atoms with Crippen LogP contribution in [0.5, 0.6) is 0 Å². The van der Waals surface area contributed by atoms with Crippen molar-refractivity contribution in [3.05, 3.63) is 18.0 Å². The van der Waals surface area contributed by atoms with E-state index in [0.29, 0.717) is 12.1 Å². The van der Waals surface area contributed by atoms with Crippen LogP contribution in [-0.4, -0.2) is 40.4 Å². The highest BCUT2D eigenvalue weighted by Crippen LogP contribution is 2.12. The Labute approximate surface area is 118 Å². The van der Waals surface area contributed by atoms with Crippen LogP contribution >= 0.6 is 0 Å². The fraction of sp³-hybridized carbons (Fsp3) is 0.800. The summed E-state index contributed by atoms with van der Waals surface area (Å²) < 4.78 is 1.86. The predicted molar refractivity (Wildman–Crippen MR) is 81.2 cm³/mol. The minimum absolute atomic E-state index is 0.372. The summed E-state index contributed by atoms with van der Waals surface area (Å²) in [5, 5.41) is 7.87. The molecule has 0 amide bonds. The molecule has 1 N–H and O–H groups in total. The van der Waals surface area contributed by atoms with Crippen molar-refractivity contribution in [3.63, 3.8) is 0 Å². The lowest BCUT2D eigenvalue weighted by Gasteiger charge is -2.22. The third kappa shape index (κ3) is 5.74. The molecule has 0 aliphatic heterocycles. The number of nitrogens with one attached hydrogen (secondary N) is 1. The van der Waals surface area contributed by atoms with Crippen LogP contribution < -0.4 is 5.32 Å². The summed E-state index contributed by atoms with van der Waals surface area (Å²) in [4.78, 5) is 2.48. The first kappa shape index (κ1) is 16.2. The Bertz CT molecular complexity index is 344. The van der Waals surface area contributed by atoms with Gasteiger partial charge in [0.1, 0.15) is 0 Å². The molecule has 0 saturated heterocycles. The van der Waals surface area contributed by atoms with Gasteiger partial charge in [-0.2, -0.15) is 5.10 Å². The minimum Gasteiger partial charge on any atom is -0.308 e. The van der Waals surface area contributed by atoms with Crippen LogP contribution in [0, 0.1) is 0 Å². The number of nitrogens with zero attached hydrogens (tertiary/aromatic N) is 3. The molecule has 0 bridgehead atoms. The van der Waals surface area contributed by atoms with Gasteiger partial charge in [0.2, 0.25) is 0 Å². The molecule has 0 fully saturated rings. The lowest BCUT2D eigenvalue weighted by Crippen LogP contribution is -2.30. The molecular weight excluding hydrogens is 236 g/mol. The Morgan fingerprint density at radius 1 is 1.32 bits per heavy atom. The molecule has 1 rings (SSSR count). The third-order valence-corrected chi connectivity index (χ3v) is 3.77. The average molecular weight is 266 g/mol. The molecule has 0 aromatic carbocycles. The second-order valence-corrected chi connectivity index (χ2v) is 5.41. The standard InChI is InChI=1S/C15H30N4/c1-6-19(7-2)10-8-9-13(3)17-14(4)15-11-16-18(5)12-15/h11-14,17H,6-10H2,1-5H3. The predicted octanol–water partition coefficient (Wildman–Crippen LogP) is 2.58. The van der Waals surface area contributed by atoms with Crippen molar-refractivity contribution < 1.29 is 0 Å². The molecule has 19 heavy (non-hydrogen) atoms. The van der Waals surface area contributed by atoms with Gasteiger partial charge < -0.3 is 10.2 Å².